The molecule has 0 saturated heterocycles. The summed E-state index contributed by atoms with van der Waals surface area (Å²) >= 11 is 0. The summed E-state index contributed by atoms with van der Waals surface area (Å²) in [6.07, 6.45) is 7.74. The third-order valence-electron chi connectivity index (χ3n) is 5.01. The second kappa shape index (κ2) is 9.26. The number of carbonyl (C=O) groups excluding carboxylic acids is 1. The van der Waals surface area contributed by atoms with Gasteiger partial charge in [0.1, 0.15) is 11.5 Å². The third kappa shape index (κ3) is 5.36. The van der Waals surface area contributed by atoms with E-state index in [0.29, 0.717) is 12.3 Å². The number of nitrogens with one attached hydrogen (secondary N) is 1. The molecule has 142 valence electrons. The van der Waals surface area contributed by atoms with Crippen LogP contribution in [0, 0.1) is 5.92 Å². The van der Waals surface area contributed by atoms with Gasteiger partial charge in [-0.05, 0) is 60.6 Å². The first-order valence-corrected chi connectivity index (χ1v) is 9.41. The predicted octanol–water partition coefficient (Wildman–Crippen LogP) is 4.46. The van der Waals surface area contributed by atoms with E-state index in [4.69, 9.17) is 9.47 Å². The number of methoxy groups -OCH3 is 2. The maximum atomic E-state index is 12.6. The van der Waals surface area contributed by atoms with Gasteiger partial charge in [-0.1, -0.05) is 36.4 Å². The van der Waals surface area contributed by atoms with Gasteiger partial charge in [0, 0.05) is 6.42 Å². The van der Waals surface area contributed by atoms with Crippen LogP contribution in [0.25, 0.3) is 0 Å². The molecule has 2 aromatic rings. The monoisotopic (exact) mass is 365 g/mol. The van der Waals surface area contributed by atoms with E-state index in [1.807, 2.05) is 48.5 Å². The summed E-state index contributed by atoms with van der Waals surface area (Å²) in [5.41, 5.74) is 2.22. The SMILES string of the molecule is COc1ccc(C[C@@H](NC(=O)C[C@H]2C=CCC2)c2ccc(OC)cc2)cc1. The number of amides is 1. The summed E-state index contributed by atoms with van der Waals surface area (Å²) in [6, 6.07) is 15.8. The van der Waals surface area contributed by atoms with Gasteiger partial charge < -0.3 is 14.8 Å². The molecule has 2 aromatic carbocycles. The van der Waals surface area contributed by atoms with Gasteiger partial charge in [-0.3, -0.25) is 4.79 Å². The van der Waals surface area contributed by atoms with Gasteiger partial charge in [-0.25, -0.2) is 0 Å². The average molecular weight is 365 g/mol. The van der Waals surface area contributed by atoms with E-state index in [1.165, 1.54) is 0 Å². The molecule has 1 aliphatic carbocycles. The van der Waals surface area contributed by atoms with Gasteiger partial charge in [0.2, 0.25) is 5.91 Å². The van der Waals surface area contributed by atoms with Gasteiger partial charge in [0.05, 0.1) is 20.3 Å². The Bertz CT molecular complexity index is 765. The molecule has 27 heavy (non-hydrogen) atoms. The van der Waals surface area contributed by atoms with Crippen LogP contribution in [0.2, 0.25) is 0 Å². The van der Waals surface area contributed by atoms with E-state index < -0.39 is 0 Å². The molecular weight excluding hydrogens is 338 g/mol. The summed E-state index contributed by atoms with van der Waals surface area (Å²) < 4.78 is 10.5. The van der Waals surface area contributed by atoms with Crippen LogP contribution in [0.5, 0.6) is 11.5 Å². The van der Waals surface area contributed by atoms with Crippen molar-refractivity contribution in [2.24, 2.45) is 5.92 Å². The number of rotatable bonds is 8. The van der Waals surface area contributed by atoms with Crippen molar-refractivity contribution in [1.29, 1.82) is 0 Å². The van der Waals surface area contributed by atoms with Crippen LogP contribution in [0.3, 0.4) is 0 Å². The van der Waals surface area contributed by atoms with E-state index in [0.717, 1.165) is 41.9 Å². The highest BCUT2D eigenvalue weighted by molar-refractivity contribution is 5.77. The van der Waals surface area contributed by atoms with Crippen LogP contribution in [0.1, 0.15) is 36.4 Å². The van der Waals surface area contributed by atoms with Crippen molar-refractivity contribution >= 4 is 5.91 Å². The Morgan fingerprint density at radius 3 is 2.22 bits per heavy atom. The minimum atomic E-state index is -0.0813. The highest BCUT2D eigenvalue weighted by Gasteiger charge is 2.19. The number of benzene rings is 2. The molecule has 0 radical (unpaired) electrons. The number of ether oxygens (including phenoxy) is 2. The van der Waals surface area contributed by atoms with Gasteiger partial charge in [-0.2, -0.15) is 0 Å². The molecule has 1 aliphatic rings. The normalized spacial score (nSPS) is 16.7. The first kappa shape index (κ1) is 19.0. The Morgan fingerprint density at radius 2 is 1.67 bits per heavy atom. The molecule has 1 amide bonds. The molecule has 0 heterocycles. The molecule has 0 aliphatic heterocycles. The quantitative estimate of drug-likeness (QED) is 0.703. The molecule has 0 unspecified atom stereocenters. The summed E-state index contributed by atoms with van der Waals surface area (Å²) in [5.74, 6) is 2.10. The minimum absolute atomic E-state index is 0.0813. The highest BCUT2D eigenvalue weighted by atomic mass is 16.5. The van der Waals surface area contributed by atoms with Crippen molar-refractivity contribution in [3.8, 4) is 11.5 Å². The van der Waals surface area contributed by atoms with Gasteiger partial charge >= 0.3 is 0 Å². The van der Waals surface area contributed by atoms with Crippen LogP contribution in [0.15, 0.2) is 60.7 Å². The molecule has 4 heteroatoms. The van der Waals surface area contributed by atoms with Crippen LogP contribution >= 0.6 is 0 Å². The lowest BCUT2D eigenvalue weighted by atomic mass is 9.97. The number of hydrogen-bond acceptors (Lipinski definition) is 3. The van der Waals surface area contributed by atoms with Crippen molar-refractivity contribution in [3.63, 3.8) is 0 Å². The smallest absolute Gasteiger partial charge is 0.221 e. The zero-order chi connectivity index (χ0) is 19.1. The van der Waals surface area contributed by atoms with Gasteiger partial charge in [-0.15, -0.1) is 0 Å². The standard InChI is InChI=1S/C23H27NO3/c1-26-20-11-7-18(8-12-20)15-22(19-9-13-21(27-2)14-10-19)24-23(25)16-17-5-3-4-6-17/h3,5,7-14,17,22H,4,6,15-16H2,1-2H3,(H,24,25)/t17-,22+/m0/s1. The van der Waals surface area contributed by atoms with Crippen LogP contribution < -0.4 is 14.8 Å². The maximum absolute atomic E-state index is 12.6. The molecule has 0 spiro atoms. The second-order valence-corrected chi connectivity index (χ2v) is 6.92. The van der Waals surface area contributed by atoms with E-state index in [1.54, 1.807) is 14.2 Å². The summed E-state index contributed by atoms with van der Waals surface area (Å²) in [7, 11) is 3.31. The lowest BCUT2D eigenvalue weighted by molar-refractivity contribution is -0.122. The van der Waals surface area contributed by atoms with Crippen LogP contribution in [-0.4, -0.2) is 20.1 Å². The van der Waals surface area contributed by atoms with Crippen molar-refractivity contribution in [2.75, 3.05) is 14.2 Å². The highest BCUT2D eigenvalue weighted by Crippen LogP contribution is 2.25. The molecule has 1 N–H and O–H groups in total. The van der Waals surface area contributed by atoms with Crippen molar-refractivity contribution in [3.05, 3.63) is 71.8 Å². The van der Waals surface area contributed by atoms with Gasteiger partial charge in [0.25, 0.3) is 0 Å². The van der Waals surface area contributed by atoms with Crippen molar-refractivity contribution < 1.29 is 14.3 Å². The maximum Gasteiger partial charge on any atom is 0.221 e. The first-order valence-electron chi connectivity index (χ1n) is 9.41. The molecule has 4 nitrogen and oxygen atoms in total. The second-order valence-electron chi connectivity index (χ2n) is 6.92. The summed E-state index contributed by atoms with van der Waals surface area (Å²) in [6.45, 7) is 0. The Morgan fingerprint density at radius 1 is 1.04 bits per heavy atom. The Hall–Kier alpha value is -2.75. The topological polar surface area (TPSA) is 47.6 Å². The van der Waals surface area contributed by atoms with Gasteiger partial charge in [0.15, 0.2) is 0 Å². The predicted molar refractivity (Wildman–Crippen MR) is 107 cm³/mol. The first-order chi connectivity index (χ1) is 13.2. The molecule has 0 fully saturated rings. The summed E-state index contributed by atoms with van der Waals surface area (Å²) in [5, 5.41) is 3.23. The average Bonchev–Trinajstić information content (AvgIpc) is 3.21. The lowest BCUT2D eigenvalue weighted by Crippen LogP contribution is -2.31. The minimum Gasteiger partial charge on any atom is -0.497 e. The molecule has 2 atom stereocenters. The fourth-order valence-corrected chi connectivity index (χ4v) is 3.44. The Balaban J connectivity index is 1.73. The fourth-order valence-electron chi connectivity index (χ4n) is 3.44. The molecule has 0 saturated carbocycles. The zero-order valence-corrected chi connectivity index (χ0v) is 16.0. The van der Waals surface area contributed by atoms with E-state index >= 15 is 0 Å². The van der Waals surface area contributed by atoms with Crippen LogP contribution in [-0.2, 0) is 11.2 Å². The largest absolute Gasteiger partial charge is 0.497 e. The number of hydrogen-bond donors (Lipinski definition) is 1. The Labute approximate surface area is 161 Å². The Kier molecular flexibility index (Phi) is 6.53. The zero-order valence-electron chi connectivity index (χ0n) is 16.0. The molecular formula is C23H27NO3. The molecule has 0 bridgehead atoms. The third-order valence-corrected chi connectivity index (χ3v) is 5.01. The van der Waals surface area contributed by atoms with E-state index in [-0.39, 0.29) is 11.9 Å². The molecule has 0 aromatic heterocycles. The van der Waals surface area contributed by atoms with Crippen molar-refractivity contribution in [2.45, 2.75) is 31.7 Å². The number of allylic oxidation sites excluding steroid dienone is 2. The van der Waals surface area contributed by atoms with E-state index in [9.17, 15) is 4.79 Å². The van der Waals surface area contributed by atoms with Crippen molar-refractivity contribution in [1.82, 2.24) is 5.32 Å². The summed E-state index contributed by atoms with van der Waals surface area (Å²) in [4.78, 5) is 12.6. The lowest BCUT2D eigenvalue weighted by Gasteiger charge is -2.21. The number of carbonyl (C=O) groups is 1. The molecule has 3 rings (SSSR count). The van der Waals surface area contributed by atoms with Crippen LogP contribution in [0.4, 0.5) is 0 Å². The fraction of sp³-hybridized carbons (Fsp3) is 0.348. The van der Waals surface area contributed by atoms with E-state index in [2.05, 4.69) is 17.5 Å².